The largest absolute Gasteiger partial charge is 0.488 e. The zero-order valence-electron chi connectivity index (χ0n) is 28.8. The molecule has 1 aliphatic heterocycles. The highest BCUT2D eigenvalue weighted by Gasteiger charge is 2.41. The maximum Gasteiger partial charge on any atom is 0.416 e. The molecular formula is C37H36ClF6N3O7. The number of ether oxygens (including phenoxy) is 2. The van der Waals surface area contributed by atoms with Gasteiger partial charge in [0, 0.05) is 30.7 Å². The standard InChI is InChI=1S/C37H36ClF6N3O7/c38-30-12-9-26(37(42,43)44)20-25(30)21-46(27-10-11-27)35(48)29-22-45(36(49)53-17-1-2-19-54-47(50)51)16-15-28(29)24-7-5-23(6-8-24)4-3-18-52-34-32(40)14-13-31(39)33(34)41/h5-9,12-15,20,27,29H,1-4,10-11,16-19,21-22H2. The molecule has 1 saturated carbocycles. The van der Waals surface area contributed by atoms with Crippen LogP contribution in [-0.2, 0) is 33.5 Å². The van der Waals surface area contributed by atoms with Crippen LogP contribution in [0.3, 0.4) is 0 Å². The predicted octanol–water partition coefficient (Wildman–Crippen LogP) is 8.42. The number of halogens is 7. The Labute approximate surface area is 311 Å². The number of aryl methyl sites for hydroxylation is 1. The van der Waals surface area contributed by atoms with Crippen LogP contribution in [0.5, 0.6) is 5.75 Å². The number of benzene rings is 3. The second-order valence-corrected chi connectivity index (χ2v) is 13.2. The van der Waals surface area contributed by atoms with E-state index in [1.807, 2.05) is 0 Å². The molecule has 1 heterocycles. The molecule has 1 aliphatic carbocycles. The summed E-state index contributed by atoms with van der Waals surface area (Å²) in [5.74, 6) is -5.79. The van der Waals surface area contributed by atoms with Gasteiger partial charge >= 0.3 is 12.3 Å². The summed E-state index contributed by atoms with van der Waals surface area (Å²) in [6.07, 6.45) is -1.02. The average Bonchev–Trinajstić information content (AvgIpc) is 3.99. The van der Waals surface area contributed by atoms with Gasteiger partial charge in [-0.25, -0.2) is 13.6 Å². The Hall–Kier alpha value is -4.99. The SMILES string of the molecule is O=C(OCCCCO[N+](=O)[O-])N1CC=C(c2ccc(CCCOc3c(F)ccc(F)c3F)cc2)C(C(=O)N(Cc2cc(C(F)(F)F)ccc2Cl)C2CC2)C1. The first-order valence-electron chi connectivity index (χ1n) is 17.1. The van der Waals surface area contributed by atoms with Crippen molar-refractivity contribution in [3.05, 3.63) is 116 Å². The van der Waals surface area contributed by atoms with Crippen LogP contribution in [0.1, 0.15) is 54.4 Å². The topological polar surface area (TPSA) is 111 Å². The summed E-state index contributed by atoms with van der Waals surface area (Å²) >= 11 is 6.32. The van der Waals surface area contributed by atoms with Gasteiger partial charge in [0.25, 0.3) is 5.09 Å². The number of hydrogen-bond donors (Lipinski definition) is 0. The van der Waals surface area contributed by atoms with Crippen molar-refractivity contribution in [1.29, 1.82) is 0 Å². The van der Waals surface area contributed by atoms with Crippen LogP contribution in [0.4, 0.5) is 31.1 Å². The molecule has 0 spiro atoms. The molecule has 17 heteroatoms. The molecule has 0 radical (unpaired) electrons. The number of nitrogens with zero attached hydrogens (tertiary/aromatic N) is 3. The van der Waals surface area contributed by atoms with Crippen LogP contribution in [0.2, 0.25) is 5.02 Å². The van der Waals surface area contributed by atoms with Gasteiger partial charge in [0.15, 0.2) is 17.4 Å². The molecule has 10 nitrogen and oxygen atoms in total. The van der Waals surface area contributed by atoms with Crippen LogP contribution in [-0.4, -0.2) is 65.8 Å². The Morgan fingerprint density at radius 2 is 1.65 bits per heavy atom. The van der Waals surface area contributed by atoms with Crippen molar-refractivity contribution in [1.82, 2.24) is 9.80 Å². The van der Waals surface area contributed by atoms with Gasteiger partial charge in [0.1, 0.15) is 0 Å². The zero-order valence-corrected chi connectivity index (χ0v) is 29.5. The van der Waals surface area contributed by atoms with Crippen molar-refractivity contribution in [2.45, 2.75) is 57.3 Å². The molecule has 0 bridgehead atoms. The van der Waals surface area contributed by atoms with E-state index < -0.39 is 57.9 Å². The number of carbonyl (C=O) groups is 2. The van der Waals surface area contributed by atoms with E-state index in [2.05, 4.69) is 4.84 Å². The Kier molecular flexibility index (Phi) is 13.3. The lowest BCUT2D eigenvalue weighted by Gasteiger charge is -2.35. The molecule has 0 N–H and O–H groups in total. The minimum absolute atomic E-state index is 0.0492. The van der Waals surface area contributed by atoms with E-state index >= 15 is 0 Å². The molecule has 3 aromatic carbocycles. The second kappa shape index (κ2) is 17.9. The number of amides is 2. The maximum absolute atomic E-state index is 14.4. The van der Waals surface area contributed by atoms with Crippen molar-refractivity contribution in [3.63, 3.8) is 0 Å². The molecule has 1 unspecified atom stereocenters. The predicted molar refractivity (Wildman–Crippen MR) is 183 cm³/mol. The van der Waals surface area contributed by atoms with Gasteiger partial charge in [0.05, 0.1) is 31.3 Å². The number of alkyl halides is 3. The van der Waals surface area contributed by atoms with Crippen LogP contribution in [0.15, 0.2) is 60.7 Å². The summed E-state index contributed by atoms with van der Waals surface area (Å²) < 4.78 is 92.5. The molecule has 3 aromatic rings. The normalized spacial score (nSPS) is 15.7. The minimum atomic E-state index is -4.62. The Bertz CT molecular complexity index is 1860. The van der Waals surface area contributed by atoms with E-state index in [1.165, 1.54) is 9.80 Å². The first-order valence-corrected chi connectivity index (χ1v) is 17.5. The lowest BCUT2D eigenvalue weighted by atomic mass is 9.87. The summed E-state index contributed by atoms with van der Waals surface area (Å²) in [4.78, 5) is 44.9. The van der Waals surface area contributed by atoms with E-state index in [0.29, 0.717) is 49.3 Å². The quantitative estimate of drug-likeness (QED) is 0.0472. The van der Waals surface area contributed by atoms with Gasteiger partial charge < -0.3 is 24.1 Å². The van der Waals surface area contributed by atoms with Gasteiger partial charge in [-0.15, -0.1) is 10.1 Å². The fourth-order valence-corrected chi connectivity index (χ4v) is 6.18. The molecule has 5 rings (SSSR count). The molecule has 54 heavy (non-hydrogen) atoms. The number of carbonyl (C=O) groups excluding carboxylic acids is 2. The summed E-state index contributed by atoms with van der Waals surface area (Å²) in [7, 11) is 0. The average molecular weight is 784 g/mol. The van der Waals surface area contributed by atoms with Crippen molar-refractivity contribution < 1.29 is 55.3 Å². The van der Waals surface area contributed by atoms with Crippen LogP contribution < -0.4 is 4.74 Å². The van der Waals surface area contributed by atoms with Crippen molar-refractivity contribution in [3.8, 4) is 5.75 Å². The van der Waals surface area contributed by atoms with E-state index in [-0.39, 0.29) is 62.5 Å². The highest BCUT2D eigenvalue weighted by Crippen LogP contribution is 2.38. The molecule has 0 saturated heterocycles. The minimum Gasteiger partial charge on any atom is -0.488 e. The van der Waals surface area contributed by atoms with Crippen molar-refractivity contribution >= 4 is 29.2 Å². The zero-order chi connectivity index (χ0) is 39.0. The van der Waals surface area contributed by atoms with E-state index in [0.717, 1.165) is 29.8 Å². The van der Waals surface area contributed by atoms with Crippen molar-refractivity contribution in [2.75, 3.05) is 32.9 Å². The molecule has 1 atom stereocenters. The number of hydrogen-bond acceptors (Lipinski definition) is 7. The third kappa shape index (κ3) is 10.6. The second-order valence-electron chi connectivity index (χ2n) is 12.8. The van der Waals surface area contributed by atoms with Gasteiger partial charge in [-0.2, -0.15) is 17.6 Å². The fourth-order valence-electron chi connectivity index (χ4n) is 6.00. The smallest absolute Gasteiger partial charge is 0.416 e. The molecule has 0 aromatic heterocycles. The number of rotatable bonds is 16. The summed E-state index contributed by atoms with van der Waals surface area (Å²) in [6.45, 7) is -0.502. The molecular weight excluding hydrogens is 748 g/mol. The van der Waals surface area contributed by atoms with Gasteiger partial charge in [-0.05, 0) is 91.1 Å². The monoisotopic (exact) mass is 783 g/mol. The maximum atomic E-state index is 14.4. The lowest BCUT2D eigenvalue weighted by Crippen LogP contribution is -2.47. The summed E-state index contributed by atoms with van der Waals surface area (Å²) in [6, 6.07) is 11.3. The molecule has 2 amide bonds. The van der Waals surface area contributed by atoms with E-state index in [4.69, 9.17) is 21.1 Å². The van der Waals surface area contributed by atoms with Crippen molar-refractivity contribution in [2.24, 2.45) is 5.92 Å². The highest BCUT2D eigenvalue weighted by molar-refractivity contribution is 6.31. The summed E-state index contributed by atoms with van der Waals surface area (Å²) in [5.41, 5.74) is 1.30. The first-order chi connectivity index (χ1) is 25.7. The van der Waals surface area contributed by atoms with E-state index in [9.17, 15) is 46.0 Å². The third-order valence-electron chi connectivity index (χ3n) is 8.96. The lowest BCUT2D eigenvalue weighted by molar-refractivity contribution is -0.757. The first kappa shape index (κ1) is 40.2. The van der Waals surface area contributed by atoms with Crippen LogP contribution >= 0.6 is 11.6 Å². The molecule has 290 valence electrons. The van der Waals surface area contributed by atoms with Gasteiger partial charge in [0.2, 0.25) is 11.7 Å². The highest BCUT2D eigenvalue weighted by atomic mass is 35.5. The fraction of sp³-hybridized carbons (Fsp3) is 0.405. The third-order valence-corrected chi connectivity index (χ3v) is 9.33. The van der Waals surface area contributed by atoms with Gasteiger partial charge in [-0.3, -0.25) is 4.79 Å². The summed E-state index contributed by atoms with van der Waals surface area (Å²) in [5, 5.41) is 9.49. The Balaban J connectivity index is 1.31. The Morgan fingerprint density at radius 1 is 0.944 bits per heavy atom. The Morgan fingerprint density at radius 3 is 2.33 bits per heavy atom. The van der Waals surface area contributed by atoms with Gasteiger partial charge in [-0.1, -0.05) is 41.9 Å². The van der Waals surface area contributed by atoms with Crippen LogP contribution in [0.25, 0.3) is 5.57 Å². The molecule has 2 aliphatic rings. The van der Waals surface area contributed by atoms with E-state index in [1.54, 1.807) is 30.3 Å². The van der Waals surface area contributed by atoms with Crippen LogP contribution in [0, 0.1) is 33.5 Å². The molecule has 1 fully saturated rings. The number of unbranched alkanes of at least 4 members (excludes halogenated alkanes) is 1.